The van der Waals surface area contributed by atoms with Crippen LogP contribution >= 0.6 is 0 Å². The maximum Gasteiger partial charge on any atom is 0.253 e. The van der Waals surface area contributed by atoms with Crippen LogP contribution in [0, 0.1) is 23.7 Å². The molecule has 3 fully saturated rings. The lowest BCUT2D eigenvalue weighted by Crippen LogP contribution is -2.46. The molecule has 1 N–H and O–H groups in total. The molecular formula is C23H29N3O3. The van der Waals surface area contributed by atoms with Gasteiger partial charge in [0.1, 0.15) is 0 Å². The van der Waals surface area contributed by atoms with Gasteiger partial charge >= 0.3 is 0 Å². The van der Waals surface area contributed by atoms with Crippen molar-refractivity contribution in [3.8, 4) is 0 Å². The molecule has 6 rings (SSSR count). The van der Waals surface area contributed by atoms with Gasteiger partial charge in [-0.1, -0.05) is 12.2 Å². The van der Waals surface area contributed by atoms with Crippen LogP contribution in [0.1, 0.15) is 48.9 Å². The van der Waals surface area contributed by atoms with Crippen LogP contribution < -0.4 is 10.9 Å². The van der Waals surface area contributed by atoms with Crippen molar-refractivity contribution >= 4 is 11.8 Å². The molecule has 29 heavy (non-hydrogen) atoms. The first-order valence-electron chi connectivity index (χ1n) is 10.9. The van der Waals surface area contributed by atoms with E-state index < -0.39 is 0 Å². The van der Waals surface area contributed by atoms with Gasteiger partial charge in [-0.2, -0.15) is 0 Å². The van der Waals surface area contributed by atoms with Gasteiger partial charge in [-0.3, -0.25) is 14.4 Å². The molecule has 5 aliphatic rings. The average Bonchev–Trinajstić information content (AvgIpc) is 3.27. The summed E-state index contributed by atoms with van der Waals surface area (Å²) < 4.78 is 1.42. The minimum Gasteiger partial charge on any atom is -0.347 e. The summed E-state index contributed by atoms with van der Waals surface area (Å²) in [6.45, 7) is 0.762. The molecule has 1 aromatic rings. The predicted octanol–water partition coefficient (Wildman–Crippen LogP) is 2.10. The highest BCUT2D eigenvalue weighted by atomic mass is 16.2. The first kappa shape index (κ1) is 18.6. The van der Waals surface area contributed by atoms with Crippen LogP contribution in [0.4, 0.5) is 0 Å². The Morgan fingerprint density at radius 2 is 2.00 bits per heavy atom. The van der Waals surface area contributed by atoms with E-state index in [2.05, 4.69) is 17.5 Å². The number of pyridine rings is 1. The Kier molecular flexibility index (Phi) is 4.60. The molecule has 6 nitrogen and oxygen atoms in total. The van der Waals surface area contributed by atoms with E-state index in [1.54, 1.807) is 19.3 Å². The van der Waals surface area contributed by atoms with Gasteiger partial charge in [-0.05, 0) is 61.8 Å². The molecule has 6 atom stereocenters. The molecule has 6 heteroatoms. The summed E-state index contributed by atoms with van der Waals surface area (Å²) in [6, 6.07) is 3.12. The average molecular weight is 396 g/mol. The van der Waals surface area contributed by atoms with Crippen molar-refractivity contribution in [2.24, 2.45) is 30.7 Å². The van der Waals surface area contributed by atoms with Crippen LogP contribution in [-0.4, -0.2) is 39.9 Å². The second kappa shape index (κ2) is 7.15. The van der Waals surface area contributed by atoms with Gasteiger partial charge in [-0.15, -0.1) is 0 Å². The quantitative estimate of drug-likeness (QED) is 0.794. The van der Waals surface area contributed by atoms with Gasteiger partial charge in [0.25, 0.3) is 5.91 Å². The van der Waals surface area contributed by atoms with Gasteiger partial charge < -0.3 is 14.8 Å². The number of carbonyl (C=O) groups is 2. The number of rotatable bonds is 4. The Bertz CT molecular complexity index is 920. The number of hydrogen-bond donors (Lipinski definition) is 1. The number of aromatic nitrogens is 1. The summed E-state index contributed by atoms with van der Waals surface area (Å²) in [5.74, 6) is 2.17. The van der Waals surface area contributed by atoms with Crippen LogP contribution in [0.5, 0.6) is 0 Å². The molecule has 2 amide bonds. The number of hydrogen-bond acceptors (Lipinski definition) is 3. The maximum absolute atomic E-state index is 13.1. The molecule has 1 aromatic heterocycles. The summed E-state index contributed by atoms with van der Waals surface area (Å²) in [6.07, 6.45) is 12.6. The number of amides is 2. The third-order valence-electron chi connectivity index (χ3n) is 7.70. The number of likely N-dealkylation sites (tertiary alicyclic amines) is 1. The van der Waals surface area contributed by atoms with Crippen LogP contribution in [0.3, 0.4) is 0 Å². The molecule has 1 aliphatic heterocycles. The van der Waals surface area contributed by atoms with E-state index in [9.17, 15) is 14.4 Å². The standard InChI is InChI=1S/C23H29N3O3/c1-25-12-17(7-9-20(25)27)23(29)24-22-16-6-8-19(22)26(13-16)21(28)11-18-10-14-2-4-15(18)5-3-14/h2,4,7,9,12,14-16,18-19,22H,3,5-6,8,10-11,13H2,1H3,(H,24,29)/t14-,15+,16-,18+,19-,22-/m1/s1. The van der Waals surface area contributed by atoms with Crippen LogP contribution in [-0.2, 0) is 11.8 Å². The second-order valence-electron chi connectivity index (χ2n) is 9.40. The largest absolute Gasteiger partial charge is 0.347 e. The van der Waals surface area contributed by atoms with E-state index in [0.29, 0.717) is 35.7 Å². The Labute approximate surface area is 171 Å². The molecular weight excluding hydrogens is 366 g/mol. The van der Waals surface area contributed by atoms with Crippen molar-refractivity contribution in [2.45, 2.75) is 50.6 Å². The van der Waals surface area contributed by atoms with Gasteiger partial charge in [0.05, 0.1) is 17.6 Å². The minimum absolute atomic E-state index is 0.0198. The van der Waals surface area contributed by atoms with Gasteiger partial charge in [0.2, 0.25) is 11.5 Å². The molecule has 1 saturated heterocycles. The lowest BCUT2D eigenvalue weighted by molar-refractivity contribution is -0.134. The highest BCUT2D eigenvalue weighted by molar-refractivity contribution is 5.94. The van der Waals surface area contributed by atoms with E-state index in [1.807, 2.05) is 4.90 Å². The highest BCUT2D eigenvalue weighted by Crippen LogP contribution is 2.44. The zero-order chi connectivity index (χ0) is 20.1. The molecule has 154 valence electrons. The molecule has 4 bridgehead atoms. The molecule has 0 aromatic carbocycles. The molecule has 2 heterocycles. The Hall–Kier alpha value is -2.37. The smallest absolute Gasteiger partial charge is 0.253 e. The van der Waals surface area contributed by atoms with Crippen molar-refractivity contribution in [2.75, 3.05) is 6.54 Å². The molecule has 2 saturated carbocycles. The highest BCUT2D eigenvalue weighted by Gasteiger charge is 2.49. The Morgan fingerprint density at radius 1 is 1.14 bits per heavy atom. The predicted molar refractivity (Wildman–Crippen MR) is 109 cm³/mol. The van der Waals surface area contributed by atoms with Gasteiger partial charge in [0.15, 0.2) is 0 Å². The summed E-state index contributed by atoms with van der Waals surface area (Å²) >= 11 is 0. The molecule has 0 radical (unpaired) electrons. The van der Waals surface area contributed by atoms with E-state index in [0.717, 1.165) is 25.8 Å². The monoisotopic (exact) mass is 395 g/mol. The lowest BCUT2D eigenvalue weighted by atomic mass is 9.68. The SMILES string of the molecule is Cn1cc(C(=O)N[C@@H]2[C@@H]3CC[C@H]2N(C(=O)C[C@@H]2C[C@@H]4C=C[C@H]2CC4)C3)ccc1=O. The maximum atomic E-state index is 13.1. The third-order valence-corrected chi connectivity index (χ3v) is 7.70. The lowest BCUT2D eigenvalue weighted by Gasteiger charge is -2.39. The van der Waals surface area contributed by atoms with Crippen molar-refractivity contribution in [1.29, 1.82) is 0 Å². The van der Waals surface area contributed by atoms with Crippen LogP contribution in [0.25, 0.3) is 0 Å². The molecule has 0 spiro atoms. The van der Waals surface area contributed by atoms with E-state index in [1.165, 1.54) is 23.5 Å². The van der Waals surface area contributed by atoms with Crippen LogP contribution in [0.15, 0.2) is 35.3 Å². The minimum atomic E-state index is -0.161. The van der Waals surface area contributed by atoms with Crippen molar-refractivity contribution < 1.29 is 9.59 Å². The fourth-order valence-electron chi connectivity index (χ4n) is 6.09. The first-order valence-corrected chi connectivity index (χ1v) is 10.9. The van der Waals surface area contributed by atoms with Crippen molar-refractivity contribution in [1.82, 2.24) is 14.8 Å². The molecule has 4 aliphatic carbocycles. The number of nitrogens with zero attached hydrogens (tertiary/aromatic N) is 2. The summed E-state index contributed by atoms with van der Waals surface area (Å²) in [5.41, 5.74) is 0.354. The summed E-state index contributed by atoms with van der Waals surface area (Å²) in [7, 11) is 1.64. The third kappa shape index (κ3) is 3.32. The van der Waals surface area contributed by atoms with Crippen molar-refractivity contribution in [3.05, 3.63) is 46.4 Å². The van der Waals surface area contributed by atoms with Crippen LogP contribution in [0.2, 0.25) is 0 Å². The Balaban J connectivity index is 1.24. The fraction of sp³-hybridized carbons (Fsp3) is 0.609. The zero-order valence-electron chi connectivity index (χ0n) is 16.9. The first-order chi connectivity index (χ1) is 14.0. The van der Waals surface area contributed by atoms with Gasteiger partial charge in [-0.25, -0.2) is 0 Å². The topological polar surface area (TPSA) is 71.4 Å². The number of carbonyl (C=O) groups excluding carboxylic acids is 2. The number of aryl methyl sites for hydroxylation is 1. The molecule has 0 unspecified atom stereocenters. The fourth-order valence-corrected chi connectivity index (χ4v) is 6.09. The summed E-state index contributed by atoms with van der Waals surface area (Å²) in [4.78, 5) is 39.5. The van der Waals surface area contributed by atoms with Gasteiger partial charge in [0, 0.05) is 32.3 Å². The van der Waals surface area contributed by atoms with Crippen molar-refractivity contribution in [3.63, 3.8) is 0 Å². The zero-order valence-corrected chi connectivity index (χ0v) is 16.9. The second-order valence-corrected chi connectivity index (χ2v) is 9.40. The van der Waals surface area contributed by atoms with E-state index in [4.69, 9.17) is 0 Å². The van der Waals surface area contributed by atoms with E-state index >= 15 is 0 Å². The number of allylic oxidation sites excluding steroid dienone is 2. The summed E-state index contributed by atoms with van der Waals surface area (Å²) in [5, 5.41) is 3.16. The number of fused-ring (bicyclic) bond motifs is 4. The number of piperidine rings is 1. The van der Waals surface area contributed by atoms with E-state index in [-0.39, 0.29) is 29.5 Å². The Morgan fingerprint density at radius 3 is 2.69 bits per heavy atom. The number of nitrogens with one attached hydrogen (secondary N) is 1. The normalized spacial score (nSPS) is 34.6.